The van der Waals surface area contributed by atoms with Gasteiger partial charge in [-0.3, -0.25) is 0 Å². The monoisotopic (exact) mass is 246 g/mol. The number of rotatable bonds is 1. The second-order valence-electron chi connectivity index (χ2n) is 4.00. The number of fused-ring (bicyclic) bond motifs is 1. The van der Waals surface area contributed by atoms with Crippen LogP contribution in [0.5, 0.6) is 0 Å². The molecule has 0 nitrogen and oxygen atoms in total. The molecule has 1 aliphatic heterocycles. The Morgan fingerprint density at radius 1 is 0.938 bits per heavy atom. The molecule has 3 rings (SSSR count). The largest absolute Gasteiger partial charge is 0.160 e. The van der Waals surface area contributed by atoms with Crippen LogP contribution >= 0.6 is 23.5 Å². The Kier molecular flexibility index (Phi) is 3.11. The Morgan fingerprint density at radius 3 is 2.69 bits per heavy atom. The fourth-order valence-electron chi connectivity index (χ4n) is 2.20. The molecule has 1 unspecified atom stereocenters. The van der Waals surface area contributed by atoms with Crippen LogP contribution in [-0.4, -0.2) is 17.3 Å². The Bertz CT molecular complexity index is 482. The molecule has 82 valence electrons. The van der Waals surface area contributed by atoms with Crippen LogP contribution in [0, 0.1) is 0 Å². The summed E-state index contributed by atoms with van der Waals surface area (Å²) in [6, 6.07) is 15.4. The van der Waals surface area contributed by atoms with Gasteiger partial charge in [0.05, 0.1) is 0 Å². The van der Waals surface area contributed by atoms with Gasteiger partial charge in [-0.2, -0.15) is 23.5 Å². The highest BCUT2D eigenvalue weighted by molar-refractivity contribution is 8.06. The molecule has 2 aromatic rings. The summed E-state index contributed by atoms with van der Waals surface area (Å²) in [7, 11) is 0. The summed E-state index contributed by atoms with van der Waals surface area (Å²) in [4.78, 5) is 0. The molecule has 1 atom stereocenters. The lowest BCUT2D eigenvalue weighted by Gasteiger charge is -2.22. The first-order valence-corrected chi connectivity index (χ1v) is 7.82. The lowest BCUT2D eigenvalue weighted by Crippen LogP contribution is -2.06. The SMILES string of the molecule is c1ccc2c(C3CSCCS3)cccc2c1. The molecule has 0 N–H and O–H groups in total. The van der Waals surface area contributed by atoms with Gasteiger partial charge in [-0.15, -0.1) is 0 Å². The van der Waals surface area contributed by atoms with E-state index in [2.05, 4.69) is 66.0 Å². The fraction of sp³-hybridized carbons (Fsp3) is 0.286. The second-order valence-corrected chi connectivity index (χ2v) is 6.46. The molecule has 0 aliphatic carbocycles. The van der Waals surface area contributed by atoms with Crippen LogP contribution < -0.4 is 0 Å². The molecule has 1 saturated heterocycles. The fourth-order valence-corrected chi connectivity index (χ4v) is 4.96. The molecule has 0 bridgehead atoms. The van der Waals surface area contributed by atoms with Crippen LogP contribution in [0.25, 0.3) is 10.8 Å². The van der Waals surface area contributed by atoms with Crippen molar-refractivity contribution >= 4 is 34.3 Å². The summed E-state index contributed by atoms with van der Waals surface area (Å²) >= 11 is 4.20. The maximum Gasteiger partial charge on any atom is 0.0394 e. The molecule has 2 heteroatoms. The Labute approximate surface area is 105 Å². The molecule has 0 saturated carbocycles. The van der Waals surface area contributed by atoms with Crippen molar-refractivity contribution in [2.75, 3.05) is 17.3 Å². The highest BCUT2D eigenvalue weighted by Gasteiger charge is 2.17. The quantitative estimate of drug-likeness (QED) is 0.733. The Balaban J connectivity index is 2.08. The van der Waals surface area contributed by atoms with Crippen LogP contribution in [0.15, 0.2) is 42.5 Å². The third-order valence-electron chi connectivity index (χ3n) is 2.99. The zero-order valence-electron chi connectivity index (χ0n) is 9.06. The highest BCUT2D eigenvalue weighted by atomic mass is 32.2. The standard InChI is InChI=1S/C14H14S2/c1-2-6-12-11(4-1)5-3-7-13(12)14-10-15-8-9-16-14/h1-7,14H,8-10H2. The maximum absolute atomic E-state index is 2.30. The van der Waals surface area contributed by atoms with Crippen LogP contribution in [0.4, 0.5) is 0 Å². The first-order valence-electron chi connectivity index (χ1n) is 5.62. The van der Waals surface area contributed by atoms with Gasteiger partial charge in [-0.05, 0) is 16.3 Å². The normalized spacial score (nSPS) is 21.1. The van der Waals surface area contributed by atoms with E-state index in [1.165, 1.54) is 33.6 Å². The van der Waals surface area contributed by atoms with Crippen molar-refractivity contribution in [3.63, 3.8) is 0 Å². The number of hydrogen-bond acceptors (Lipinski definition) is 2. The van der Waals surface area contributed by atoms with Crippen LogP contribution in [-0.2, 0) is 0 Å². The van der Waals surface area contributed by atoms with Crippen molar-refractivity contribution < 1.29 is 0 Å². The molecule has 2 aromatic carbocycles. The van der Waals surface area contributed by atoms with E-state index in [1.807, 2.05) is 0 Å². The van der Waals surface area contributed by atoms with Crippen molar-refractivity contribution in [2.24, 2.45) is 0 Å². The summed E-state index contributed by atoms with van der Waals surface area (Å²) in [5, 5.41) is 3.49. The molecule has 0 radical (unpaired) electrons. The molecule has 1 heterocycles. The molecule has 0 amide bonds. The average Bonchev–Trinajstić information content (AvgIpc) is 2.39. The minimum atomic E-state index is 0.685. The highest BCUT2D eigenvalue weighted by Crippen LogP contribution is 2.39. The Hall–Kier alpha value is -0.600. The van der Waals surface area contributed by atoms with Gasteiger partial charge < -0.3 is 0 Å². The third kappa shape index (κ3) is 1.96. The van der Waals surface area contributed by atoms with Crippen LogP contribution in [0.3, 0.4) is 0 Å². The Morgan fingerprint density at radius 2 is 1.81 bits per heavy atom. The van der Waals surface area contributed by atoms with Crippen molar-refractivity contribution in [1.29, 1.82) is 0 Å². The topological polar surface area (TPSA) is 0 Å². The second kappa shape index (κ2) is 4.72. The molecular formula is C14H14S2. The first kappa shape index (κ1) is 10.5. The lowest BCUT2D eigenvalue weighted by molar-refractivity contribution is 1.12. The van der Waals surface area contributed by atoms with Crippen molar-refractivity contribution in [1.82, 2.24) is 0 Å². The first-order chi connectivity index (χ1) is 7.95. The van der Waals surface area contributed by atoms with E-state index in [0.717, 1.165) is 0 Å². The van der Waals surface area contributed by atoms with E-state index in [9.17, 15) is 0 Å². The minimum Gasteiger partial charge on any atom is -0.160 e. The summed E-state index contributed by atoms with van der Waals surface area (Å²) in [5.41, 5.74) is 1.52. The van der Waals surface area contributed by atoms with Crippen LogP contribution in [0.1, 0.15) is 10.8 Å². The van der Waals surface area contributed by atoms with E-state index < -0.39 is 0 Å². The van der Waals surface area contributed by atoms with Gasteiger partial charge in [-0.1, -0.05) is 42.5 Å². The van der Waals surface area contributed by atoms with Gasteiger partial charge in [0.2, 0.25) is 0 Å². The predicted octanol–water partition coefficient (Wildman–Crippen LogP) is 4.36. The summed E-state index contributed by atoms with van der Waals surface area (Å²) in [6.07, 6.45) is 0. The van der Waals surface area contributed by atoms with Crippen molar-refractivity contribution in [2.45, 2.75) is 5.25 Å². The minimum absolute atomic E-state index is 0.685. The van der Waals surface area contributed by atoms with E-state index >= 15 is 0 Å². The maximum atomic E-state index is 2.30. The molecule has 16 heavy (non-hydrogen) atoms. The number of benzene rings is 2. The van der Waals surface area contributed by atoms with Gasteiger partial charge in [0, 0.05) is 22.5 Å². The molecule has 1 fully saturated rings. The van der Waals surface area contributed by atoms with Gasteiger partial charge in [0.25, 0.3) is 0 Å². The summed E-state index contributed by atoms with van der Waals surface area (Å²) < 4.78 is 0. The van der Waals surface area contributed by atoms with E-state index in [1.54, 1.807) is 0 Å². The number of hydrogen-bond donors (Lipinski definition) is 0. The number of thioether (sulfide) groups is 2. The van der Waals surface area contributed by atoms with Gasteiger partial charge >= 0.3 is 0 Å². The molecule has 0 aromatic heterocycles. The van der Waals surface area contributed by atoms with E-state index in [0.29, 0.717) is 5.25 Å². The summed E-state index contributed by atoms with van der Waals surface area (Å²) in [6.45, 7) is 0. The van der Waals surface area contributed by atoms with Crippen molar-refractivity contribution in [3.05, 3.63) is 48.0 Å². The summed E-state index contributed by atoms with van der Waals surface area (Å²) in [5.74, 6) is 3.86. The third-order valence-corrected chi connectivity index (χ3v) is 5.78. The van der Waals surface area contributed by atoms with Crippen LogP contribution in [0.2, 0.25) is 0 Å². The van der Waals surface area contributed by atoms with Gasteiger partial charge in [0.1, 0.15) is 0 Å². The molecular weight excluding hydrogens is 232 g/mol. The molecule has 0 spiro atoms. The molecule has 1 aliphatic rings. The van der Waals surface area contributed by atoms with Gasteiger partial charge in [-0.25, -0.2) is 0 Å². The lowest BCUT2D eigenvalue weighted by atomic mass is 10.0. The van der Waals surface area contributed by atoms with Crippen molar-refractivity contribution in [3.8, 4) is 0 Å². The zero-order chi connectivity index (χ0) is 10.8. The predicted molar refractivity (Wildman–Crippen MR) is 76.5 cm³/mol. The van der Waals surface area contributed by atoms with E-state index in [-0.39, 0.29) is 0 Å². The van der Waals surface area contributed by atoms with Gasteiger partial charge in [0.15, 0.2) is 0 Å². The smallest absolute Gasteiger partial charge is 0.0394 e. The van der Waals surface area contributed by atoms with E-state index in [4.69, 9.17) is 0 Å². The zero-order valence-corrected chi connectivity index (χ0v) is 10.7. The average molecular weight is 246 g/mol.